The lowest BCUT2D eigenvalue weighted by molar-refractivity contribution is 0.0684. The van der Waals surface area contributed by atoms with E-state index in [1.165, 1.54) is 0 Å². The van der Waals surface area contributed by atoms with Crippen LogP contribution in [0.2, 0.25) is 0 Å². The van der Waals surface area contributed by atoms with E-state index in [0.29, 0.717) is 12.1 Å². The molecule has 1 amide bonds. The summed E-state index contributed by atoms with van der Waals surface area (Å²) in [6.45, 7) is 2.45. The molecule has 0 radical (unpaired) electrons. The van der Waals surface area contributed by atoms with Gasteiger partial charge in [0.15, 0.2) is 0 Å². The molecule has 0 bridgehead atoms. The smallest absolute Gasteiger partial charge is 0.254 e. The number of hydrogen-bond donors (Lipinski definition) is 1. The number of rotatable bonds is 3. The van der Waals surface area contributed by atoms with E-state index in [9.17, 15) is 4.79 Å². The molecule has 1 saturated heterocycles. The molecule has 0 aromatic carbocycles. The molecule has 2 atom stereocenters. The minimum absolute atomic E-state index is 0.0125. The van der Waals surface area contributed by atoms with Crippen LogP contribution in [0.25, 0.3) is 0 Å². The van der Waals surface area contributed by atoms with Crippen molar-refractivity contribution in [3.8, 4) is 0 Å². The van der Waals surface area contributed by atoms with Crippen LogP contribution in [-0.4, -0.2) is 45.5 Å². The molecule has 1 aliphatic rings. The number of hydrogen-bond acceptors (Lipinski definition) is 4. The third kappa shape index (κ3) is 2.67. The Balaban J connectivity index is 1.89. The van der Waals surface area contributed by atoms with Crippen molar-refractivity contribution in [1.82, 2.24) is 19.9 Å². The number of ether oxygens (including phenoxy) is 1. The van der Waals surface area contributed by atoms with Crippen LogP contribution in [0.1, 0.15) is 34.3 Å². The lowest BCUT2D eigenvalue weighted by Crippen LogP contribution is -2.32. The van der Waals surface area contributed by atoms with Crippen molar-refractivity contribution < 1.29 is 9.53 Å². The lowest BCUT2D eigenvalue weighted by atomic mass is 10.1. The number of aromatic nitrogens is 3. The van der Waals surface area contributed by atoms with Crippen molar-refractivity contribution in [2.45, 2.75) is 25.5 Å². The molecule has 6 nitrogen and oxygen atoms in total. The number of aryl methyl sites for hydroxylation is 1. The molecule has 3 rings (SSSR count). The number of carbonyl (C=O) groups excluding carboxylic acids is 1. The zero-order valence-corrected chi connectivity index (χ0v) is 12.1. The normalized spacial score (nSPS) is 21.7. The Bertz CT molecular complexity index is 626. The molecule has 6 heteroatoms. The first-order valence-electron chi connectivity index (χ1n) is 6.94. The predicted octanol–water partition coefficient (Wildman–Crippen LogP) is 1.72. The molecule has 2 aromatic rings. The van der Waals surface area contributed by atoms with Gasteiger partial charge in [-0.1, -0.05) is 0 Å². The molecule has 0 spiro atoms. The van der Waals surface area contributed by atoms with Gasteiger partial charge >= 0.3 is 0 Å². The number of imidazole rings is 1. The Morgan fingerprint density at radius 2 is 2.29 bits per heavy atom. The lowest BCUT2D eigenvalue weighted by Gasteiger charge is -2.23. The van der Waals surface area contributed by atoms with Crippen molar-refractivity contribution >= 4 is 5.91 Å². The SMILES string of the molecule is CO[C@@H]1CC(c2ncc[nH]2)N(C(=O)c2ccnc(C)c2)C1. The molecule has 1 fully saturated rings. The minimum atomic E-state index is -0.0779. The molecule has 1 N–H and O–H groups in total. The van der Waals surface area contributed by atoms with Gasteiger partial charge in [-0.2, -0.15) is 0 Å². The summed E-state index contributed by atoms with van der Waals surface area (Å²) in [6, 6.07) is 3.47. The fourth-order valence-corrected chi connectivity index (χ4v) is 2.76. The first-order chi connectivity index (χ1) is 10.2. The molecule has 21 heavy (non-hydrogen) atoms. The van der Waals surface area contributed by atoms with E-state index in [-0.39, 0.29) is 18.1 Å². The van der Waals surface area contributed by atoms with Gasteiger partial charge in [-0.25, -0.2) is 4.98 Å². The number of amides is 1. The second-order valence-electron chi connectivity index (χ2n) is 5.23. The second-order valence-corrected chi connectivity index (χ2v) is 5.23. The highest BCUT2D eigenvalue weighted by atomic mass is 16.5. The van der Waals surface area contributed by atoms with E-state index < -0.39 is 0 Å². The Morgan fingerprint density at radius 1 is 1.43 bits per heavy atom. The van der Waals surface area contributed by atoms with Gasteiger partial charge < -0.3 is 14.6 Å². The molecule has 0 saturated carbocycles. The number of pyridine rings is 1. The first kappa shape index (κ1) is 13.8. The number of methoxy groups -OCH3 is 1. The molecular formula is C15H18N4O2. The molecule has 0 aliphatic carbocycles. The molecule has 3 heterocycles. The van der Waals surface area contributed by atoms with Crippen LogP contribution in [0.4, 0.5) is 0 Å². The summed E-state index contributed by atoms with van der Waals surface area (Å²) in [5.41, 5.74) is 1.48. The van der Waals surface area contributed by atoms with Crippen LogP contribution in [0.15, 0.2) is 30.7 Å². The number of likely N-dealkylation sites (tertiary alicyclic amines) is 1. The highest BCUT2D eigenvalue weighted by Gasteiger charge is 2.38. The largest absolute Gasteiger partial charge is 0.380 e. The van der Waals surface area contributed by atoms with E-state index in [1.807, 2.05) is 17.9 Å². The average molecular weight is 286 g/mol. The van der Waals surface area contributed by atoms with E-state index in [4.69, 9.17) is 4.74 Å². The average Bonchev–Trinajstić information content (AvgIpc) is 3.15. The second kappa shape index (κ2) is 5.65. The van der Waals surface area contributed by atoms with Crippen molar-refractivity contribution in [1.29, 1.82) is 0 Å². The zero-order chi connectivity index (χ0) is 14.8. The van der Waals surface area contributed by atoms with Crippen LogP contribution in [0, 0.1) is 6.92 Å². The molecule has 110 valence electrons. The molecule has 1 unspecified atom stereocenters. The Labute approximate surface area is 123 Å². The maximum Gasteiger partial charge on any atom is 0.254 e. The fraction of sp³-hybridized carbons (Fsp3) is 0.400. The summed E-state index contributed by atoms with van der Waals surface area (Å²) in [6.07, 6.45) is 5.92. The first-order valence-corrected chi connectivity index (χ1v) is 6.94. The number of aromatic amines is 1. The van der Waals surface area contributed by atoms with Crippen LogP contribution >= 0.6 is 0 Å². The Hall–Kier alpha value is -2.21. The van der Waals surface area contributed by atoms with Gasteiger partial charge in [0.25, 0.3) is 5.91 Å². The van der Waals surface area contributed by atoms with Gasteiger partial charge in [-0.15, -0.1) is 0 Å². The number of carbonyl (C=O) groups is 1. The van der Waals surface area contributed by atoms with E-state index in [2.05, 4.69) is 15.0 Å². The molecule has 1 aliphatic heterocycles. The molecular weight excluding hydrogens is 268 g/mol. The minimum Gasteiger partial charge on any atom is -0.380 e. The van der Waals surface area contributed by atoms with Gasteiger partial charge in [-0.05, 0) is 19.1 Å². The number of H-pyrrole nitrogens is 1. The maximum atomic E-state index is 12.8. The zero-order valence-electron chi connectivity index (χ0n) is 12.1. The number of nitrogens with one attached hydrogen (secondary N) is 1. The predicted molar refractivity (Wildman–Crippen MR) is 76.8 cm³/mol. The third-order valence-electron chi connectivity index (χ3n) is 3.84. The summed E-state index contributed by atoms with van der Waals surface area (Å²) in [5.74, 6) is 0.787. The summed E-state index contributed by atoms with van der Waals surface area (Å²) in [7, 11) is 1.68. The van der Waals surface area contributed by atoms with Crippen LogP contribution < -0.4 is 0 Å². The monoisotopic (exact) mass is 286 g/mol. The summed E-state index contributed by atoms with van der Waals surface area (Å²) in [4.78, 5) is 26.1. The third-order valence-corrected chi connectivity index (χ3v) is 3.84. The Kier molecular flexibility index (Phi) is 3.70. The van der Waals surface area contributed by atoms with Crippen LogP contribution in [0.3, 0.4) is 0 Å². The van der Waals surface area contributed by atoms with Gasteiger partial charge in [0.05, 0.1) is 12.1 Å². The highest BCUT2D eigenvalue weighted by Crippen LogP contribution is 2.32. The number of nitrogens with zero attached hydrogens (tertiary/aromatic N) is 3. The summed E-state index contributed by atoms with van der Waals surface area (Å²) < 4.78 is 5.43. The maximum absolute atomic E-state index is 12.8. The summed E-state index contributed by atoms with van der Waals surface area (Å²) in [5, 5.41) is 0. The van der Waals surface area contributed by atoms with Gasteiger partial charge in [0.2, 0.25) is 0 Å². The van der Waals surface area contributed by atoms with E-state index in [0.717, 1.165) is 17.9 Å². The van der Waals surface area contributed by atoms with Crippen LogP contribution in [0.5, 0.6) is 0 Å². The standard InChI is InChI=1S/C15H18N4O2/c1-10-7-11(3-4-16-10)15(20)19-9-12(21-2)8-13(19)14-17-5-6-18-14/h3-7,12-13H,8-9H2,1-2H3,(H,17,18)/t12-,13?/m1/s1. The fourth-order valence-electron chi connectivity index (χ4n) is 2.76. The quantitative estimate of drug-likeness (QED) is 0.932. The van der Waals surface area contributed by atoms with Gasteiger partial charge in [0.1, 0.15) is 5.82 Å². The molecule has 2 aromatic heterocycles. The van der Waals surface area contributed by atoms with E-state index >= 15 is 0 Å². The highest BCUT2D eigenvalue weighted by molar-refractivity contribution is 5.94. The van der Waals surface area contributed by atoms with E-state index in [1.54, 1.807) is 31.8 Å². The van der Waals surface area contributed by atoms with Gasteiger partial charge in [0, 0.05) is 49.9 Å². The van der Waals surface area contributed by atoms with Crippen molar-refractivity contribution in [3.63, 3.8) is 0 Å². The van der Waals surface area contributed by atoms with Crippen molar-refractivity contribution in [2.24, 2.45) is 0 Å². The summed E-state index contributed by atoms with van der Waals surface area (Å²) >= 11 is 0. The van der Waals surface area contributed by atoms with Crippen LogP contribution in [-0.2, 0) is 4.74 Å². The topological polar surface area (TPSA) is 71.1 Å². The van der Waals surface area contributed by atoms with Crippen molar-refractivity contribution in [3.05, 3.63) is 47.8 Å². The van der Waals surface area contributed by atoms with Crippen molar-refractivity contribution in [2.75, 3.05) is 13.7 Å². The Morgan fingerprint density at radius 3 is 2.95 bits per heavy atom. The van der Waals surface area contributed by atoms with Gasteiger partial charge in [-0.3, -0.25) is 9.78 Å².